The highest BCUT2D eigenvalue weighted by molar-refractivity contribution is 5.53. The molecular formula is C15H22F3NO. The van der Waals surface area contributed by atoms with E-state index >= 15 is 0 Å². The number of aliphatic hydroxyl groups is 1. The molecule has 2 rings (SSSR count). The number of aryl methyl sites for hydroxylation is 1. The second-order valence-corrected chi connectivity index (χ2v) is 4.67. The third kappa shape index (κ3) is 3.66. The molecule has 0 amide bonds. The zero-order chi connectivity index (χ0) is 15.3. The topological polar surface area (TPSA) is 23.5 Å². The number of halogens is 3. The highest BCUT2D eigenvalue weighted by atomic mass is 19.4. The summed E-state index contributed by atoms with van der Waals surface area (Å²) in [6.45, 7) is 6.14. The van der Waals surface area contributed by atoms with Crippen LogP contribution in [0.3, 0.4) is 0 Å². The quantitative estimate of drug-likeness (QED) is 0.889. The van der Waals surface area contributed by atoms with Crippen LogP contribution in [0.15, 0.2) is 18.2 Å². The first-order valence-electron chi connectivity index (χ1n) is 6.99. The lowest BCUT2D eigenvalue weighted by Crippen LogP contribution is -2.32. The van der Waals surface area contributed by atoms with Crippen molar-refractivity contribution in [1.82, 2.24) is 0 Å². The molecule has 20 heavy (non-hydrogen) atoms. The van der Waals surface area contributed by atoms with Gasteiger partial charge in [0.05, 0.1) is 18.2 Å². The predicted octanol–water partition coefficient (Wildman–Crippen LogP) is 4.00. The van der Waals surface area contributed by atoms with Gasteiger partial charge in [-0.25, -0.2) is 0 Å². The minimum Gasteiger partial charge on any atom is -0.394 e. The summed E-state index contributed by atoms with van der Waals surface area (Å²) in [5, 5.41) is 9.22. The first-order valence-corrected chi connectivity index (χ1v) is 6.99. The molecule has 114 valence electrons. The first-order chi connectivity index (χ1) is 9.43. The summed E-state index contributed by atoms with van der Waals surface area (Å²) in [6, 6.07) is 4.31. The smallest absolute Gasteiger partial charge is 0.394 e. The third-order valence-electron chi connectivity index (χ3n) is 3.45. The predicted molar refractivity (Wildman–Crippen MR) is 75.0 cm³/mol. The second kappa shape index (κ2) is 6.97. The van der Waals surface area contributed by atoms with Gasteiger partial charge in [-0.05, 0) is 37.5 Å². The second-order valence-electron chi connectivity index (χ2n) is 4.67. The zero-order valence-electron chi connectivity index (χ0n) is 12.2. The summed E-state index contributed by atoms with van der Waals surface area (Å²) in [5.41, 5.74) is 0.180. The van der Waals surface area contributed by atoms with Gasteiger partial charge in [-0.1, -0.05) is 19.9 Å². The van der Waals surface area contributed by atoms with E-state index in [1.54, 1.807) is 6.07 Å². The zero-order valence-corrected chi connectivity index (χ0v) is 12.2. The van der Waals surface area contributed by atoms with Crippen molar-refractivity contribution in [1.29, 1.82) is 0 Å². The maximum atomic E-state index is 12.8. The molecule has 0 spiro atoms. The van der Waals surface area contributed by atoms with Gasteiger partial charge in [0.15, 0.2) is 0 Å². The summed E-state index contributed by atoms with van der Waals surface area (Å²) in [6.07, 6.45) is -2.60. The first kappa shape index (κ1) is 16.8. The molecule has 1 aromatic carbocycles. The molecule has 1 saturated heterocycles. The fourth-order valence-electron chi connectivity index (χ4n) is 2.46. The Bertz CT molecular complexity index is 432. The molecule has 0 bridgehead atoms. The van der Waals surface area contributed by atoms with Gasteiger partial charge < -0.3 is 10.0 Å². The maximum absolute atomic E-state index is 12.8. The van der Waals surface area contributed by atoms with Crippen molar-refractivity contribution in [2.24, 2.45) is 0 Å². The molecule has 1 aromatic rings. The molecule has 1 N–H and O–H groups in total. The van der Waals surface area contributed by atoms with Crippen LogP contribution in [0.2, 0.25) is 0 Å². The van der Waals surface area contributed by atoms with Gasteiger partial charge in [-0.3, -0.25) is 0 Å². The van der Waals surface area contributed by atoms with Crippen molar-refractivity contribution >= 4 is 5.69 Å². The Morgan fingerprint density at radius 3 is 2.50 bits per heavy atom. The van der Waals surface area contributed by atoms with E-state index in [0.29, 0.717) is 12.2 Å². The standard InChI is InChI=1S/C13H16F3NO.C2H6/c1-9-4-5-10(7-12(9)13(14,15)16)17-6-2-3-11(17)8-18;1-2/h4-5,7,11,18H,2-3,6,8H2,1H3;1-2H3. The number of rotatable bonds is 2. The SMILES string of the molecule is CC.Cc1ccc(N2CCCC2CO)cc1C(F)(F)F. The van der Waals surface area contributed by atoms with Gasteiger partial charge in [0.1, 0.15) is 0 Å². The number of alkyl halides is 3. The number of hydrogen-bond acceptors (Lipinski definition) is 2. The molecule has 1 aliphatic rings. The average molecular weight is 289 g/mol. The molecule has 0 aliphatic carbocycles. The number of benzene rings is 1. The molecule has 1 fully saturated rings. The van der Waals surface area contributed by atoms with Crippen LogP contribution >= 0.6 is 0 Å². The number of nitrogens with zero attached hydrogens (tertiary/aromatic N) is 1. The van der Waals surface area contributed by atoms with Crippen molar-refractivity contribution in [2.75, 3.05) is 18.1 Å². The Morgan fingerprint density at radius 2 is 1.95 bits per heavy atom. The summed E-state index contributed by atoms with van der Waals surface area (Å²) >= 11 is 0. The van der Waals surface area contributed by atoms with Crippen LogP contribution < -0.4 is 4.90 Å². The summed E-state index contributed by atoms with van der Waals surface area (Å²) in [4.78, 5) is 1.86. The van der Waals surface area contributed by atoms with Crippen molar-refractivity contribution < 1.29 is 18.3 Å². The molecule has 0 saturated carbocycles. The van der Waals surface area contributed by atoms with E-state index in [1.807, 2.05) is 18.7 Å². The Balaban J connectivity index is 0.000000956. The fraction of sp³-hybridized carbons (Fsp3) is 0.600. The lowest BCUT2D eigenvalue weighted by atomic mass is 10.1. The van der Waals surface area contributed by atoms with Gasteiger partial charge in [-0.15, -0.1) is 0 Å². The van der Waals surface area contributed by atoms with E-state index in [-0.39, 0.29) is 18.2 Å². The van der Waals surface area contributed by atoms with Crippen molar-refractivity contribution in [2.45, 2.75) is 45.8 Å². The largest absolute Gasteiger partial charge is 0.416 e. The van der Waals surface area contributed by atoms with E-state index in [4.69, 9.17) is 0 Å². The minimum atomic E-state index is -4.32. The molecule has 1 atom stereocenters. The molecule has 1 aliphatic heterocycles. The third-order valence-corrected chi connectivity index (χ3v) is 3.45. The lowest BCUT2D eigenvalue weighted by Gasteiger charge is -2.26. The Kier molecular flexibility index (Phi) is 5.87. The normalized spacial score (nSPS) is 18.8. The van der Waals surface area contributed by atoms with Crippen LogP contribution in [-0.2, 0) is 6.18 Å². The van der Waals surface area contributed by atoms with Gasteiger partial charge >= 0.3 is 6.18 Å². The van der Waals surface area contributed by atoms with Crippen molar-refractivity contribution in [3.8, 4) is 0 Å². The Labute approximate surface area is 118 Å². The highest BCUT2D eigenvalue weighted by Crippen LogP contribution is 2.35. The van der Waals surface area contributed by atoms with Crippen LogP contribution in [0, 0.1) is 6.92 Å². The van der Waals surface area contributed by atoms with Crippen LogP contribution in [0.5, 0.6) is 0 Å². The molecule has 2 nitrogen and oxygen atoms in total. The molecule has 1 unspecified atom stereocenters. The summed E-state index contributed by atoms with van der Waals surface area (Å²) < 4.78 is 38.5. The Hall–Kier alpha value is -1.23. The lowest BCUT2D eigenvalue weighted by molar-refractivity contribution is -0.138. The van der Waals surface area contributed by atoms with E-state index in [1.165, 1.54) is 19.1 Å². The summed E-state index contributed by atoms with van der Waals surface area (Å²) in [5.74, 6) is 0. The monoisotopic (exact) mass is 289 g/mol. The molecule has 0 radical (unpaired) electrons. The van der Waals surface area contributed by atoms with E-state index in [2.05, 4.69) is 0 Å². The maximum Gasteiger partial charge on any atom is 0.416 e. The van der Waals surface area contributed by atoms with E-state index < -0.39 is 11.7 Å². The van der Waals surface area contributed by atoms with Gasteiger partial charge in [0.2, 0.25) is 0 Å². The van der Waals surface area contributed by atoms with Crippen LogP contribution in [0.25, 0.3) is 0 Å². The van der Waals surface area contributed by atoms with Crippen molar-refractivity contribution in [3.05, 3.63) is 29.3 Å². The molecule has 1 heterocycles. The average Bonchev–Trinajstić information content (AvgIpc) is 2.88. The Morgan fingerprint density at radius 1 is 1.30 bits per heavy atom. The van der Waals surface area contributed by atoms with E-state index in [9.17, 15) is 18.3 Å². The van der Waals surface area contributed by atoms with Crippen molar-refractivity contribution in [3.63, 3.8) is 0 Å². The highest BCUT2D eigenvalue weighted by Gasteiger charge is 2.33. The molecular weight excluding hydrogens is 267 g/mol. The molecule has 0 aromatic heterocycles. The molecule has 5 heteroatoms. The summed E-state index contributed by atoms with van der Waals surface area (Å²) in [7, 11) is 0. The van der Waals surface area contributed by atoms with Gasteiger partial charge in [-0.2, -0.15) is 13.2 Å². The van der Waals surface area contributed by atoms with Crippen LogP contribution in [0.4, 0.5) is 18.9 Å². The van der Waals surface area contributed by atoms with Crippen LogP contribution in [-0.4, -0.2) is 24.3 Å². The van der Waals surface area contributed by atoms with Gasteiger partial charge in [0, 0.05) is 12.2 Å². The fourth-order valence-corrected chi connectivity index (χ4v) is 2.46. The van der Waals surface area contributed by atoms with E-state index in [0.717, 1.165) is 12.8 Å². The minimum absolute atomic E-state index is 0.0186. The van der Waals surface area contributed by atoms with Crippen LogP contribution in [0.1, 0.15) is 37.8 Å². The number of aliphatic hydroxyl groups excluding tert-OH is 1. The van der Waals surface area contributed by atoms with Gasteiger partial charge in [0.25, 0.3) is 0 Å². The number of hydrogen-bond donors (Lipinski definition) is 1. The number of anilines is 1.